The van der Waals surface area contributed by atoms with Crippen molar-refractivity contribution in [1.29, 1.82) is 0 Å². The lowest BCUT2D eigenvalue weighted by Gasteiger charge is -2.34. The van der Waals surface area contributed by atoms with E-state index in [0.717, 1.165) is 11.1 Å². The van der Waals surface area contributed by atoms with Gasteiger partial charge >= 0.3 is 0 Å². The number of carbonyl (C=O) groups is 1. The van der Waals surface area contributed by atoms with Crippen molar-refractivity contribution in [3.63, 3.8) is 0 Å². The van der Waals surface area contributed by atoms with Gasteiger partial charge < -0.3 is 9.64 Å². The van der Waals surface area contributed by atoms with Crippen molar-refractivity contribution >= 4 is 15.9 Å². The smallest absolute Gasteiger partial charge is 0.260 e. The van der Waals surface area contributed by atoms with Crippen molar-refractivity contribution in [2.75, 3.05) is 32.8 Å². The fourth-order valence-electron chi connectivity index (χ4n) is 2.99. The number of amides is 1. The number of carbonyl (C=O) groups excluding carboxylic acids is 1. The lowest BCUT2D eigenvalue weighted by Crippen LogP contribution is -2.51. The molecule has 27 heavy (non-hydrogen) atoms. The van der Waals surface area contributed by atoms with Gasteiger partial charge in [-0.15, -0.1) is 0 Å². The summed E-state index contributed by atoms with van der Waals surface area (Å²) in [7, 11) is -3.52. The molecule has 144 valence electrons. The second-order valence-electron chi connectivity index (χ2n) is 6.65. The predicted octanol–water partition coefficient (Wildman–Crippen LogP) is 2.22. The molecular formula is C20H24N2O4S. The highest BCUT2D eigenvalue weighted by Gasteiger charge is 2.30. The lowest BCUT2D eigenvalue weighted by atomic mass is 10.2. The topological polar surface area (TPSA) is 66.9 Å². The Hall–Kier alpha value is -2.38. The van der Waals surface area contributed by atoms with Crippen LogP contribution in [0.4, 0.5) is 0 Å². The van der Waals surface area contributed by atoms with Crippen LogP contribution in [0.15, 0.2) is 53.4 Å². The second kappa shape index (κ2) is 8.10. The van der Waals surface area contributed by atoms with Crippen molar-refractivity contribution < 1.29 is 17.9 Å². The standard InChI is InChI=1S/C20H24N2O4S/c1-16-7-9-18(10-8-16)27(24,25)22-13-11-21(12-14-22)20(23)15-26-19-6-4-3-5-17(19)2/h3-10H,11-15H2,1-2H3. The molecule has 0 N–H and O–H groups in total. The molecule has 0 aromatic heterocycles. The van der Waals surface area contributed by atoms with Crippen LogP contribution in [0.2, 0.25) is 0 Å². The predicted molar refractivity (Wildman–Crippen MR) is 103 cm³/mol. The van der Waals surface area contributed by atoms with Crippen molar-refractivity contribution in [3.8, 4) is 5.75 Å². The summed E-state index contributed by atoms with van der Waals surface area (Å²) in [5, 5.41) is 0. The summed E-state index contributed by atoms with van der Waals surface area (Å²) in [6, 6.07) is 14.4. The number of hydrogen-bond donors (Lipinski definition) is 0. The number of rotatable bonds is 5. The van der Waals surface area contributed by atoms with Gasteiger partial charge in [0.15, 0.2) is 6.61 Å². The highest BCUT2D eigenvalue weighted by atomic mass is 32.2. The minimum Gasteiger partial charge on any atom is -0.484 e. The Morgan fingerprint density at radius 1 is 0.963 bits per heavy atom. The maximum absolute atomic E-state index is 12.7. The molecule has 1 heterocycles. The molecule has 6 nitrogen and oxygen atoms in total. The number of benzene rings is 2. The van der Waals surface area contributed by atoms with Crippen molar-refractivity contribution in [1.82, 2.24) is 9.21 Å². The minimum absolute atomic E-state index is 0.0461. The van der Waals surface area contributed by atoms with Gasteiger partial charge in [-0.2, -0.15) is 4.31 Å². The van der Waals surface area contributed by atoms with Crippen LogP contribution in [0.5, 0.6) is 5.75 Å². The van der Waals surface area contributed by atoms with Gasteiger partial charge in [0.2, 0.25) is 10.0 Å². The Balaban J connectivity index is 1.56. The molecule has 2 aromatic carbocycles. The molecule has 0 aliphatic carbocycles. The number of nitrogens with zero attached hydrogens (tertiary/aromatic N) is 2. The molecule has 0 saturated carbocycles. The van der Waals surface area contributed by atoms with Gasteiger partial charge in [-0.3, -0.25) is 4.79 Å². The second-order valence-corrected chi connectivity index (χ2v) is 8.59. The van der Waals surface area contributed by atoms with E-state index in [1.807, 2.05) is 38.1 Å². The molecule has 0 unspecified atom stereocenters. The summed E-state index contributed by atoms with van der Waals surface area (Å²) >= 11 is 0. The fourth-order valence-corrected chi connectivity index (χ4v) is 4.41. The van der Waals surface area contributed by atoms with E-state index in [2.05, 4.69) is 0 Å². The molecule has 2 aromatic rings. The third-order valence-corrected chi connectivity index (χ3v) is 6.61. The zero-order valence-electron chi connectivity index (χ0n) is 15.6. The summed E-state index contributed by atoms with van der Waals surface area (Å²) in [4.78, 5) is 14.3. The van der Waals surface area contributed by atoms with Crippen LogP contribution >= 0.6 is 0 Å². The molecule has 1 aliphatic heterocycles. The molecule has 0 spiro atoms. The van der Waals surface area contributed by atoms with Crippen molar-refractivity contribution in [2.45, 2.75) is 18.7 Å². The largest absolute Gasteiger partial charge is 0.484 e. The number of piperazine rings is 1. The van der Waals surface area contributed by atoms with Gasteiger partial charge in [0.25, 0.3) is 5.91 Å². The van der Waals surface area contributed by atoms with Crippen LogP contribution in [0.1, 0.15) is 11.1 Å². The number of sulfonamides is 1. The summed E-state index contributed by atoms with van der Waals surface area (Å²) in [6.45, 7) is 5.09. The first kappa shape index (κ1) is 19.4. The Kier molecular flexibility index (Phi) is 5.82. The first-order chi connectivity index (χ1) is 12.9. The van der Waals surface area contributed by atoms with Gasteiger partial charge in [0, 0.05) is 26.2 Å². The highest BCUT2D eigenvalue weighted by Crippen LogP contribution is 2.19. The molecule has 0 radical (unpaired) electrons. The summed E-state index contributed by atoms with van der Waals surface area (Å²) < 4.78 is 32.5. The zero-order valence-corrected chi connectivity index (χ0v) is 16.4. The summed E-state index contributed by atoms with van der Waals surface area (Å²) in [5.41, 5.74) is 1.98. The van der Waals surface area contributed by atoms with E-state index in [1.54, 1.807) is 29.2 Å². The van der Waals surface area contributed by atoms with E-state index >= 15 is 0 Å². The van der Waals surface area contributed by atoms with Crippen LogP contribution in [-0.2, 0) is 14.8 Å². The number of aryl methyl sites for hydroxylation is 2. The molecule has 0 atom stereocenters. The van der Waals surface area contributed by atoms with Gasteiger partial charge in [0.1, 0.15) is 5.75 Å². The Labute approximate surface area is 160 Å². The van der Waals surface area contributed by atoms with E-state index < -0.39 is 10.0 Å². The van der Waals surface area contributed by atoms with Crippen LogP contribution in [0, 0.1) is 13.8 Å². The lowest BCUT2D eigenvalue weighted by molar-refractivity contribution is -0.134. The average molecular weight is 388 g/mol. The molecule has 1 saturated heterocycles. The van der Waals surface area contributed by atoms with Crippen molar-refractivity contribution in [2.24, 2.45) is 0 Å². The normalized spacial score (nSPS) is 15.6. The molecule has 1 aliphatic rings. The summed E-state index contributed by atoms with van der Waals surface area (Å²) in [6.07, 6.45) is 0. The fraction of sp³-hybridized carbons (Fsp3) is 0.350. The molecule has 0 bridgehead atoms. The highest BCUT2D eigenvalue weighted by molar-refractivity contribution is 7.89. The quantitative estimate of drug-likeness (QED) is 0.788. The Morgan fingerprint density at radius 3 is 2.22 bits per heavy atom. The maximum Gasteiger partial charge on any atom is 0.260 e. The third-order valence-electron chi connectivity index (χ3n) is 4.69. The zero-order chi connectivity index (χ0) is 19.4. The van der Waals surface area contributed by atoms with Gasteiger partial charge in [-0.1, -0.05) is 35.9 Å². The first-order valence-electron chi connectivity index (χ1n) is 8.91. The van der Waals surface area contributed by atoms with Gasteiger partial charge in [-0.25, -0.2) is 8.42 Å². The van der Waals surface area contributed by atoms with Gasteiger partial charge in [0.05, 0.1) is 4.90 Å². The van der Waals surface area contributed by atoms with E-state index in [1.165, 1.54) is 4.31 Å². The van der Waals surface area contributed by atoms with Crippen LogP contribution in [0.3, 0.4) is 0 Å². The van der Waals surface area contributed by atoms with Gasteiger partial charge in [-0.05, 0) is 37.6 Å². The Bertz CT molecular complexity index is 902. The number of ether oxygens (including phenoxy) is 1. The van der Waals surface area contributed by atoms with E-state index in [0.29, 0.717) is 18.8 Å². The van der Waals surface area contributed by atoms with E-state index in [9.17, 15) is 13.2 Å². The number of hydrogen-bond acceptors (Lipinski definition) is 4. The average Bonchev–Trinajstić information content (AvgIpc) is 2.67. The minimum atomic E-state index is -3.52. The molecular weight excluding hydrogens is 364 g/mol. The molecule has 1 fully saturated rings. The molecule has 7 heteroatoms. The van der Waals surface area contributed by atoms with Crippen molar-refractivity contribution in [3.05, 3.63) is 59.7 Å². The van der Waals surface area contributed by atoms with E-state index in [4.69, 9.17) is 4.74 Å². The molecule has 3 rings (SSSR count). The summed E-state index contributed by atoms with van der Waals surface area (Å²) in [5.74, 6) is 0.553. The first-order valence-corrected chi connectivity index (χ1v) is 10.3. The number of para-hydroxylation sites is 1. The monoisotopic (exact) mass is 388 g/mol. The SMILES string of the molecule is Cc1ccc(S(=O)(=O)N2CCN(C(=O)COc3ccccc3C)CC2)cc1. The third kappa shape index (κ3) is 4.48. The van der Waals surface area contributed by atoms with E-state index in [-0.39, 0.29) is 30.5 Å². The maximum atomic E-state index is 12.7. The van der Waals surface area contributed by atoms with Crippen LogP contribution in [0.25, 0.3) is 0 Å². The van der Waals surface area contributed by atoms with Crippen LogP contribution < -0.4 is 4.74 Å². The van der Waals surface area contributed by atoms with Crippen LogP contribution in [-0.4, -0.2) is 56.3 Å². The molecule has 1 amide bonds. The Morgan fingerprint density at radius 2 is 1.59 bits per heavy atom.